The lowest BCUT2D eigenvalue weighted by atomic mass is 10.2. The summed E-state index contributed by atoms with van der Waals surface area (Å²) >= 11 is 0. The molecule has 0 saturated heterocycles. The molecule has 0 saturated carbocycles. The summed E-state index contributed by atoms with van der Waals surface area (Å²) in [4.78, 5) is 12.3. The molecule has 0 fully saturated rings. The van der Waals surface area contributed by atoms with Gasteiger partial charge in [-0.3, -0.25) is 10.1 Å². The van der Waals surface area contributed by atoms with E-state index in [1.54, 1.807) is 0 Å². The second-order valence-corrected chi connectivity index (χ2v) is 3.97. The fourth-order valence-corrected chi connectivity index (χ4v) is 1.57. The van der Waals surface area contributed by atoms with Crippen molar-refractivity contribution in [3.63, 3.8) is 0 Å². The van der Waals surface area contributed by atoms with Gasteiger partial charge in [0, 0.05) is 18.7 Å². The minimum atomic E-state index is -1.76. The fourth-order valence-electron chi connectivity index (χ4n) is 1.57. The lowest BCUT2D eigenvalue weighted by molar-refractivity contribution is -0.384. The van der Waals surface area contributed by atoms with Gasteiger partial charge >= 0.3 is 0 Å². The maximum atomic E-state index is 13.3. The Morgan fingerprint density at radius 1 is 1.05 bits per heavy atom. The molecule has 0 bridgehead atoms. The van der Waals surface area contributed by atoms with Gasteiger partial charge in [0.1, 0.15) is 5.69 Å². The van der Waals surface area contributed by atoms with Gasteiger partial charge in [0.25, 0.3) is 17.6 Å². The normalized spacial score (nSPS) is 10.5. The topological polar surface area (TPSA) is 68.1 Å². The van der Waals surface area contributed by atoms with Crippen LogP contribution in [0.25, 0.3) is 0 Å². The van der Waals surface area contributed by atoms with Crippen LogP contribution in [0, 0.1) is 33.6 Å². The minimum Gasteiger partial charge on any atom is -0.376 e. The van der Waals surface area contributed by atoms with Gasteiger partial charge in [0.2, 0.25) is 11.6 Å². The van der Waals surface area contributed by atoms with Gasteiger partial charge in [0.05, 0.1) is 4.92 Å². The highest BCUT2D eigenvalue weighted by molar-refractivity contribution is 5.46. The van der Waals surface area contributed by atoms with E-state index in [9.17, 15) is 27.7 Å². The van der Waals surface area contributed by atoms with Crippen LogP contribution in [-0.4, -0.2) is 9.91 Å². The van der Waals surface area contributed by atoms with E-state index in [1.807, 2.05) is 0 Å². The summed E-state index contributed by atoms with van der Waals surface area (Å²) in [6.07, 6.45) is 0. The van der Waals surface area contributed by atoms with Gasteiger partial charge in [-0.15, -0.1) is 0 Å². The lowest BCUT2D eigenvalue weighted by Gasteiger charge is -2.09. The van der Waals surface area contributed by atoms with Crippen molar-refractivity contribution >= 4 is 11.4 Å². The number of pyridine rings is 1. The van der Waals surface area contributed by atoms with E-state index in [0.29, 0.717) is 5.56 Å². The highest BCUT2D eigenvalue weighted by Gasteiger charge is 2.20. The number of anilines is 1. The molecule has 0 aliphatic carbocycles. The molecule has 0 aliphatic rings. The summed E-state index contributed by atoms with van der Waals surface area (Å²) in [5, 5.41) is 12.6. The van der Waals surface area contributed by atoms with E-state index in [-0.39, 0.29) is 12.2 Å². The Labute approximate surface area is 115 Å². The first-order chi connectivity index (χ1) is 9.90. The summed E-state index contributed by atoms with van der Waals surface area (Å²) in [6, 6.07) is 5.07. The molecular formula is C12H7F4N3O2. The third-order valence-corrected chi connectivity index (χ3v) is 2.61. The molecule has 0 unspecified atom stereocenters. The van der Waals surface area contributed by atoms with Crippen LogP contribution in [-0.2, 0) is 6.54 Å². The number of hydrogen-bond donors (Lipinski definition) is 1. The van der Waals surface area contributed by atoms with Crippen molar-refractivity contribution < 1.29 is 22.5 Å². The summed E-state index contributed by atoms with van der Waals surface area (Å²) < 4.78 is 52.4. The first-order valence-corrected chi connectivity index (χ1v) is 5.57. The molecule has 21 heavy (non-hydrogen) atoms. The smallest absolute Gasteiger partial charge is 0.269 e. The average molecular weight is 301 g/mol. The number of nitro groups is 1. The summed E-state index contributed by atoms with van der Waals surface area (Å²) in [5.74, 6) is -6.81. The molecule has 0 atom stereocenters. The van der Waals surface area contributed by atoms with Crippen LogP contribution in [0.3, 0.4) is 0 Å². The van der Waals surface area contributed by atoms with Crippen LogP contribution in [0.4, 0.5) is 28.9 Å². The number of aromatic nitrogens is 1. The molecule has 0 spiro atoms. The van der Waals surface area contributed by atoms with Crippen molar-refractivity contribution in [1.29, 1.82) is 0 Å². The number of non-ortho nitro benzene ring substituents is 1. The fraction of sp³-hybridized carbons (Fsp3) is 0.0833. The third-order valence-electron chi connectivity index (χ3n) is 2.61. The molecule has 5 nitrogen and oxygen atoms in total. The van der Waals surface area contributed by atoms with Crippen LogP contribution in [0.2, 0.25) is 0 Å². The van der Waals surface area contributed by atoms with Crippen LogP contribution < -0.4 is 5.32 Å². The Bertz CT molecular complexity index is 666. The number of benzene rings is 1. The zero-order chi connectivity index (χ0) is 15.6. The van der Waals surface area contributed by atoms with Crippen molar-refractivity contribution in [3.8, 4) is 0 Å². The van der Waals surface area contributed by atoms with E-state index >= 15 is 0 Å². The van der Waals surface area contributed by atoms with Gasteiger partial charge in [-0.05, 0) is 5.56 Å². The van der Waals surface area contributed by atoms with Gasteiger partial charge in [-0.2, -0.15) is 22.5 Å². The second kappa shape index (κ2) is 5.73. The average Bonchev–Trinajstić information content (AvgIpc) is 2.45. The number of hydrogen-bond acceptors (Lipinski definition) is 4. The highest BCUT2D eigenvalue weighted by atomic mass is 19.2. The number of nitrogens with one attached hydrogen (secondary N) is 1. The number of halogens is 4. The number of nitrogens with zero attached hydrogens (tertiary/aromatic N) is 2. The first-order valence-electron chi connectivity index (χ1n) is 5.57. The first kappa shape index (κ1) is 14.7. The van der Waals surface area contributed by atoms with Crippen molar-refractivity contribution in [2.45, 2.75) is 6.54 Å². The molecule has 110 valence electrons. The third kappa shape index (κ3) is 3.07. The Balaban J connectivity index is 2.18. The molecule has 0 amide bonds. The molecule has 1 heterocycles. The summed E-state index contributed by atoms with van der Waals surface area (Å²) in [6.45, 7) is -0.186. The molecule has 2 rings (SSSR count). The molecule has 1 N–H and O–H groups in total. The van der Waals surface area contributed by atoms with E-state index < -0.39 is 34.1 Å². The van der Waals surface area contributed by atoms with E-state index in [4.69, 9.17) is 0 Å². The van der Waals surface area contributed by atoms with E-state index in [2.05, 4.69) is 10.3 Å². The maximum absolute atomic E-state index is 13.3. The summed E-state index contributed by atoms with van der Waals surface area (Å²) in [5.41, 5.74) is -0.715. The number of rotatable bonds is 4. The molecule has 1 aromatic carbocycles. The van der Waals surface area contributed by atoms with Gasteiger partial charge < -0.3 is 5.32 Å². The van der Waals surface area contributed by atoms with E-state index in [0.717, 1.165) is 0 Å². The van der Waals surface area contributed by atoms with Crippen LogP contribution >= 0.6 is 0 Å². The SMILES string of the molecule is O=[N+]([O-])c1ccc(CNc2c(F)c(F)nc(F)c2F)cc1. The largest absolute Gasteiger partial charge is 0.376 e. The zero-order valence-corrected chi connectivity index (χ0v) is 10.2. The number of nitro benzene ring substituents is 1. The van der Waals surface area contributed by atoms with Crippen LogP contribution in [0.15, 0.2) is 24.3 Å². The molecule has 1 aromatic heterocycles. The van der Waals surface area contributed by atoms with Gasteiger partial charge in [-0.25, -0.2) is 0 Å². The van der Waals surface area contributed by atoms with Gasteiger partial charge in [-0.1, -0.05) is 12.1 Å². The van der Waals surface area contributed by atoms with E-state index in [1.165, 1.54) is 24.3 Å². The van der Waals surface area contributed by atoms with Crippen molar-refractivity contribution in [2.24, 2.45) is 0 Å². The maximum Gasteiger partial charge on any atom is 0.269 e. The van der Waals surface area contributed by atoms with Crippen molar-refractivity contribution in [2.75, 3.05) is 5.32 Å². The highest BCUT2D eigenvalue weighted by Crippen LogP contribution is 2.23. The predicted molar refractivity (Wildman–Crippen MR) is 64.5 cm³/mol. The predicted octanol–water partition coefficient (Wildman–Crippen LogP) is 3.16. The molecule has 0 aliphatic heterocycles. The van der Waals surface area contributed by atoms with Crippen LogP contribution in [0.1, 0.15) is 5.56 Å². The minimum absolute atomic E-state index is 0.155. The second-order valence-electron chi connectivity index (χ2n) is 3.97. The Hall–Kier alpha value is -2.71. The Morgan fingerprint density at radius 2 is 1.57 bits per heavy atom. The molecule has 2 aromatic rings. The Morgan fingerprint density at radius 3 is 2.05 bits per heavy atom. The van der Waals surface area contributed by atoms with Gasteiger partial charge in [0.15, 0.2) is 0 Å². The quantitative estimate of drug-likeness (QED) is 0.407. The van der Waals surface area contributed by atoms with Crippen molar-refractivity contribution in [1.82, 2.24) is 4.98 Å². The van der Waals surface area contributed by atoms with Crippen LogP contribution in [0.5, 0.6) is 0 Å². The lowest BCUT2D eigenvalue weighted by Crippen LogP contribution is -2.09. The summed E-state index contributed by atoms with van der Waals surface area (Å²) in [7, 11) is 0. The Kier molecular flexibility index (Phi) is 4.01. The molecular weight excluding hydrogens is 294 g/mol. The molecule has 0 radical (unpaired) electrons. The zero-order valence-electron chi connectivity index (χ0n) is 10.2. The monoisotopic (exact) mass is 301 g/mol. The standard InChI is InChI=1S/C12H7F4N3O2/c13-8-10(9(14)12(16)18-11(8)15)17-5-6-1-3-7(4-2-6)19(20)21/h1-4H,5H2,(H,17,18). The van der Waals surface area contributed by atoms with Crippen molar-refractivity contribution in [3.05, 3.63) is 63.5 Å². The molecule has 9 heteroatoms.